The van der Waals surface area contributed by atoms with Crippen molar-refractivity contribution in [3.63, 3.8) is 0 Å². The van der Waals surface area contributed by atoms with E-state index in [9.17, 15) is 0 Å². The molecule has 0 spiro atoms. The lowest BCUT2D eigenvalue weighted by Crippen LogP contribution is -2.05. The summed E-state index contributed by atoms with van der Waals surface area (Å²) in [5.74, 6) is 0. The van der Waals surface area contributed by atoms with Crippen LogP contribution in [0.25, 0.3) is 0 Å². The summed E-state index contributed by atoms with van der Waals surface area (Å²) in [6.45, 7) is 0. The van der Waals surface area contributed by atoms with Crippen molar-refractivity contribution in [3.8, 4) is 0 Å². The summed E-state index contributed by atoms with van der Waals surface area (Å²) in [7, 11) is 0. The van der Waals surface area contributed by atoms with E-state index < -0.39 is 0 Å². The van der Waals surface area contributed by atoms with Crippen LogP contribution in [-0.2, 0) is 6.42 Å². The summed E-state index contributed by atoms with van der Waals surface area (Å²) in [4.78, 5) is 1.32. The fourth-order valence-corrected chi connectivity index (χ4v) is 2.74. The fraction of sp³-hybridized carbons (Fsp3) is 0.200. The van der Waals surface area contributed by atoms with Gasteiger partial charge in [0.15, 0.2) is 0 Å². The molecule has 0 amide bonds. The van der Waals surface area contributed by atoms with Gasteiger partial charge in [0.25, 0.3) is 0 Å². The molecule has 0 bridgehead atoms. The molecular formula is C15H15NS. The van der Waals surface area contributed by atoms with Gasteiger partial charge in [-0.1, -0.05) is 30.3 Å². The summed E-state index contributed by atoms with van der Waals surface area (Å²) < 4.78 is 0. The Labute approximate surface area is 106 Å². The third-order valence-electron chi connectivity index (χ3n) is 3.29. The van der Waals surface area contributed by atoms with Crippen LogP contribution in [0.4, 0.5) is 5.69 Å². The third kappa shape index (κ3) is 2.05. The molecule has 1 N–H and O–H groups in total. The van der Waals surface area contributed by atoms with Crippen LogP contribution in [0.15, 0.2) is 53.4 Å². The molecule has 0 aromatic heterocycles. The summed E-state index contributed by atoms with van der Waals surface area (Å²) in [6.07, 6.45) is 3.20. The minimum atomic E-state index is 0.434. The van der Waals surface area contributed by atoms with Crippen molar-refractivity contribution < 1.29 is 0 Å². The first-order valence-electron chi connectivity index (χ1n) is 5.85. The molecule has 2 aromatic rings. The Bertz CT molecular complexity index is 494. The molecule has 1 heterocycles. The van der Waals surface area contributed by atoms with Crippen LogP contribution < -0.4 is 5.32 Å². The van der Waals surface area contributed by atoms with Crippen LogP contribution in [0.1, 0.15) is 17.2 Å². The molecule has 0 radical (unpaired) electrons. The molecule has 86 valence electrons. The SMILES string of the molecule is CSc1ccc(C2Cc3ccccc3N2)cc1. The first kappa shape index (κ1) is 10.7. The molecule has 3 rings (SSSR count). The maximum absolute atomic E-state index is 3.58. The van der Waals surface area contributed by atoms with Crippen molar-refractivity contribution in [1.29, 1.82) is 0 Å². The molecule has 1 unspecified atom stereocenters. The first-order chi connectivity index (χ1) is 8.36. The number of fused-ring (bicyclic) bond motifs is 1. The lowest BCUT2D eigenvalue weighted by atomic mass is 10.0. The van der Waals surface area contributed by atoms with Gasteiger partial charge in [-0.2, -0.15) is 0 Å². The van der Waals surface area contributed by atoms with Gasteiger partial charge in [-0.3, -0.25) is 0 Å². The maximum Gasteiger partial charge on any atom is 0.0555 e. The van der Waals surface area contributed by atoms with Crippen LogP contribution >= 0.6 is 11.8 Å². The van der Waals surface area contributed by atoms with Crippen molar-refractivity contribution in [2.24, 2.45) is 0 Å². The van der Waals surface area contributed by atoms with Crippen LogP contribution in [0.3, 0.4) is 0 Å². The molecule has 1 atom stereocenters. The number of hydrogen-bond donors (Lipinski definition) is 1. The number of nitrogens with one attached hydrogen (secondary N) is 1. The van der Waals surface area contributed by atoms with E-state index in [0.717, 1.165) is 6.42 Å². The second-order valence-electron chi connectivity index (χ2n) is 4.33. The molecule has 0 aliphatic carbocycles. The van der Waals surface area contributed by atoms with E-state index in [1.54, 1.807) is 11.8 Å². The highest BCUT2D eigenvalue weighted by Gasteiger charge is 2.20. The Morgan fingerprint density at radius 3 is 2.53 bits per heavy atom. The fourth-order valence-electron chi connectivity index (χ4n) is 2.34. The van der Waals surface area contributed by atoms with Crippen molar-refractivity contribution in [2.75, 3.05) is 11.6 Å². The van der Waals surface area contributed by atoms with Crippen molar-refractivity contribution in [3.05, 3.63) is 59.7 Å². The molecule has 0 saturated carbocycles. The Morgan fingerprint density at radius 1 is 1.06 bits per heavy atom. The van der Waals surface area contributed by atoms with Gasteiger partial charge in [0.2, 0.25) is 0 Å². The average Bonchev–Trinajstić information content (AvgIpc) is 2.82. The van der Waals surface area contributed by atoms with Gasteiger partial charge < -0.3 is 5.32 Å². The zero-order chi connectivity index (χ0) is 11.7. The predicted molar refractivity (Wildman–Crippen MR) is 74.7 cm³/mol. The zero-order valence-corrected chi connectivity index (χ0v) is 10.6. The average molecular weight is 241 g/mol. The van der Waals surface area contributed by atoms with Gasteiger partial charge >= 0.3 is 0 Å². The highest BCUT2D eigenvalue weighted by molar-refractivity contribution is 7.98. The van der Waals surface area contributed by atoms with Crippen molar-refractivity contribution in [2.45, 2.75) is 17.4 Å². The molecule has 1 nitrogen and oxygen atoms in total. The Hall–Kier alpha value is -1.41. The molecule has 17 heavy (non-hydrogen) atoms. The number of thioether (sulfide) groups is 1. The van der Waals surface area contributed by atoms with E-state index in [4.69, 9.17) is 0 Å². The van der Waals surface area contributed by atoms with Gasteiger partial charge in [0, 0.05) is 10.6 Å². The maximum atomic E-state index is 3.58. The number of anilines is 1. The Kier molecular flexibility index (Phi) is 2.81. The monoisotopic (exact) mass is 241 g/mol. The summed E-state index contributed by atoms with van der Waals surface area (Å²) in [6, 6.07) is 17.9. The van der Waals surface area contributed by atoms with E-state index in [0.29, 0.717) is 6.04 Å². The topological polar surface area (TPSA) is 12.0 Å². The molecule has 1 aliphatic rings. The second kappa shape index (κ2) is 4.46. The number of rotatable bonds is 2. The lowest BCUT2D eigenvalue weighted by molar-refractivity contribution is 0.823. The predicted octanol–water partition coefficient (Wildman–Crippen LogP) is 4.12. The number of hydrogen-bond acceptors (Lipinski definition) is 2. The normalized spacial score (nSPS) is 17.6. The Balaban J connectivity index is 1.83. The van der Waals surface area contributed by atoms with Gasteiger partial charge in [0.05, 0.1) is 6.04 Å². The standard InChI is InChI=1S/C15H15NS/c1-17-13-8-6-11(7-9-13)15-10-12-4-2-3-5-14(12)16-15/h2-9,15-16H,10H2,1H3. The van der Waals surface area contributed by atoms with Crippen LogP contribution in [0.2, 0.25) is 0 Å². The number of benzene rings is 2. The van der Waals surface area contributed by atoms with Gasteiger partial charge in [-0.25, -0.2) is 0 Å². The highest BCUT2D eigenvalue weighted by atomic mass is 32.2. The minimum Gasteiger partial charge on any atom is -0.378 e. The molecule has 0 saturated heterocycles. The molecular weight excluding hydrogens is 226 g/mol. The first-order valence-corrected chi connectivity index (χ1v) is 7.07. The van der Waals surface area contributed by atoms with E-state index in [1.165, 1.54) is 21.7 Å². The molecule has 1 aliphatic heterocycles. The summed E-state index contributed by atoms with van der Waals surface area (Å²) in [5, 5.41) is 3.58. The van der Waals surface area contributed by atoms with Crippen molar-refractivity contribution in [1.82, 2.24) is 0 Å². The van der Waals surface area contributed by atoms with E-state index in [1.807, 2.05) is 0 Å². The van der Waals surface area contributed by atoms with Crippen molar-refractivity contribution >= 4 is 17.4 Å². The molecule has 2 aromatic carbocycles. The van der Waals surface area contributed by atoms with Gasteiger partial charge in [0.1, 0.15) is 0 Å². The smallest absolute Gasteiger partial charge is 0.0555 e. The largest absolute Gasteiger partial charge is 0.378 e. The van der Waals surface area contributed by atoms with E-state index in [-0.39, 0.29) is 0 Å². The second-order valence-corrected chi connectivity index (χ2v) is 5.21. The highest BCUT2D eigenvalue weighted by Crippen LogP contribution is 2.34. The zero-order valence-electron chi connectivity index (χ0n) is 9.81. The van der Waals surface area contributed by atoms with E-state index >= 15 is 0 Å². The lowest BCUT2D eigenvalue weighted by Gasteiger charge is -2.12. The van der Waals surface area contributed by atoms with Gasteiger partial charge in [-0.15, -0.1) is 11.8 Å². The third-order valence-corrected chi connectivity index (χ3v) is 4.03. The molecule has 0 fully saturated rings. The quantitative estimate of drug-likeness (QED) is 0.794. The summed E-state index contributed by atoms with van der Waals surface area (Å²) in [5.41, 5.74) is 4.08. The van der Waals surface area contributed by atoms with Crippen LogP contribution in [0, 0.1) is 0 Å². The molecule has 2 heteroatoms. The minimum absolute atomic E-state index is 0.434. The van der Waals surface area contributed by atoms with Crippen LogP contribution in [0.5, 0.6) is 0 Å². The van der Waals surface area contributed by atoms with Crippen LogP contribution in [-0.4, -0.2) is 6.26 Å². The van der Waals surface area contributed by atoms with E-state index in [2.05, 4.69) is 60.1 Å². The Morgan fingerprint density at radius 2 is 1.82 bits per heavy atom. The van der Waals surface area contributed by atoms with Gasteiger partial charge in [-0.05, 0) is 42.0 Å². The summed E-state index contributed by atoms with van der Waals surface area (Å²) >= 11 is 1.79. The number of para-hydroxylation sites is 1.